The standard InChI is InChI=1S/C10H14NO5P/c1-8(2)15-17(3,14)16-10-6-4-9(5-7-10)11(12)13/h4-8H,1-3H3. The van der Waals surface area contributed by atoms with Crippen LogP contribution >= 0.6 is 7.60 Å². The zero-order valence-corrected chi connectivity index (χ0v) is 10.7. The third-order valence-electron chi connectivity index (χ3n) is 1.72. The Morgan fingerprint density at radius 2 is 1.82 bits per heavy atom. The van der Waals surface area contributed by atoms with Crippen LogP contribution in [0, 0.1) is 10.1 Å². The first kappa shape index (κ1) is 13.7. The Kier molecular flexibility index (Phi) is 4.26. The minimum atomic E-state index is -3.18. The summed E-state index contributed by atoms with van der Waals surface area (Å²) in [4.78, 5) is 9.91. The van der Waals surface area contributed by atoms with Crippen LogP contribution in [0.2, 0.25) is 0 Å². The molecule has 0 saturated carbocycles. The molecule has 0 aliphatic carbocycles. The molecule has 0 aliphatic heterocycles. The maximum atomic E-state index is 11.8. The van der Waals surface area contributed by atoms with Crippen molar-refractivity contribution in [2.45, 2.75) is 20.0 Å². The van der Waals surface area contributed by atoms with E-state index in [0.29, 0.717) is 0 Å². The molecule has 0 heterocycles. The summed E-state index contributed by atoms with van der Waals surface area (Å²) >= 11 is 0. The van der Waals surface area contributed by atoms with Gasteiger partial charge in [-0.1, -0.05) is 0 Å². The predicted octanol–water partition coefficient (Wildman–Crippen LogP) is 3.22. The van der Waals surface area contributed by atoms with Gasteiger partial charge in [0, 0.05) is 18.8 Å². The van der Waals surface area contributed by atoms with Crippen LogP contribution in [0.5, 0.6) is 5.75 Å². The minimum absolute atomic E-state index is 0.0481. The van der Waals surface area contributed by atoms with Gasteiger partial charge in [0.15, 0.2) is 0 Å². The number of nitro groups is 1. The average Bonchev–Trinajstić information content (AvgIpc) is 2.15. The topological polar surface area (TPSA) is 78.7 Å². The molecule has 94 valence electrons. The van der Waals surface area contributed by atoms with Crippen LogP contribution < -0.4 is 4.52 Å². The first-order chi connectivity index (χ1) is 7.80. The van der Waals surface area contributed by atoms with Crippen molar-refractivity contribution in [1.29, 1.82) is 0 Å². The SMILES string of the molecule is CC(C)OP(C)(=O)Oc1ccc([N+](=O)[O-])cc1. The van der Waals surface area contributed by atoms with E-state index < -0.39 is 12.5 Å². The van der Waals surface area contributed by atoms with Gasteiger partial charge in [-0.2, -0.15) is 0 Å². The smallest absolute Gasteiger partial charge is 0.376 e. The largest absolute Gasteiger partial charge is 0.425 e. The van der Waals surface area contributed by atoms with E-state index >= 15 is 0 Å². The molecule has 0 bridgehead atoms. The summed E-state index contributed by atoms with van der Waals surface area (Å²) in [7, 11) is -3.18. The van der Waals surface area contributed by atoms with Gasteiger partial charge in [-0.15, -0.1) is 0 Å². The molecule has 0 aromatic heterocycles. The van der Waals surface area contributed by atoms with Crippen LogP contribution in [0.25, 0.3) is 0 Å². The van der Waals surface area contributed by atoms with Gasteiger partial charge in [-0.25, -0.2) is 4.57 Å². The Morgan fingerprint density at radius 1 is 1.29 bits per heavy atom. The average molecular weight is 259 g/mol. The number of rotatable bonds is 5. The van der Waals surface area contributed by atoms with Crippen molar-refractivity contribution in [3.63, 3.8) is 0 Å². The van der Waals surface area contributed by atoms with Crippen molar-refractivity contribution in [3.05, 3.63) is 34.4 Å². The van der Waals surface area contributed by atoms with Gasteiger partial charge in [0.25, 0.3) is 5.69 Å². The van der Waals surface area contributed by atoms with Crippen molar-refractivity contribution in [2.24, 2.45) is 0 Å². The van der Waals surface area contributed by atoms with Crippen LogP contribution in [0.3, 0.4) is 0 Å². The molecule has 1 aromatic carbocycles. The van der Waals surface area contributed by atoms with Crippen LogP contribution in [-0.4, -0.2) is 17.7 Å². The first-order valence-electron chi connectivity index (χ1n) is 5.00. The Balaban J connectivity index is 2.75. The van der Waals surface area contributed by atoms with Gasteiger partial charge in [0.05, 0.1) is 11.0 Å². The highest BCUT2D eigenvalue weighted by Gasteiger charge is 2.20. The van der Waals surface area contributed by atoms with Gasteiger partial charge in [-0.3, -0.25) is 14.6 Å². The highest BCUT2D eigenvalue weighted by molar-refractivity contribution is 7.53. The lowest BCUT2D eigenvalue weighted by Gasteiger charge is -2.17. The van der Waals surface area contributed by atoms with Gasteiger partial charge < -0.3 is 4.52 Å². The molecule has 1 aromatic rings. The molecule has 7 heteroatoms. The summed E-state index contributed by atoms with van der Waals surface area (Å²) < 4.78 is 22.1. The van der Waals surface area contributed by atoms with E-state index in [-0.39, 0.29) is 17.5 Å². The van der Waals surface area contributed by atoms with Crippen molar-refractivity contribution < 1.29 is 18.5 Å². The molecule has 0 spiro atoms. The third kappa shape index (κ3) is 4.54. The molecule has 0 radical (unpaired) electrons. The molecule has 1 unspecified atom stereocenters. The van der Waals surface area contributed by atoms with Crippen molar-refractivity contribution in [2.75, 3.05) is 6.66 Å². The Bertz CT molecular complexity index is 443. The second kappa shape index (κ2) is 5.29. The molecule has 0 fully saturated rings. The fourth-order valence-corrected chi connectivity index (χ4v) is 2.54. The van der Waals surface area contributed by atoms with Crippen LogP contribution in [-0.2, 0) is 9.09 Å². The predicted molar refractivity (Wildman–Crippen MR) is 63.5 cm³/mol. The van der Waals surface area contributed by atoms with Crippen molar-refractivity contribution in [3.8, 4) is 5.75 Å². The second-order valence-electron chi connectivity index (χ2n) is 3.77. The Hall–Kier alpha value is -1.39. The highest BCUT2D eigenvalue weighted by Crippen LogP contribution is 2.45. The van der Waals surface area contributed by atoms with Gasteiger partial charge in [0.2, 0.25) is 0 Å². The molecule has 6 nitrogen and oxygen atoms in total. The number of nitrogens with zero attached hydrogens (tertiary/aromatic N) is 1. The van der Waals surface area contributed by atoms with Gasteiger partial charge >= 0.3 is 7.60 Å². The van der Waals surface area contributed by atoms with E-state index in [1.165, 1.54) is 30.9 Å². The minimum Gasteiger partial charge on any atom is -0.425 e. The Morgan fingerprint density at radius 3 is 2.24 bits per heavy atom. The normalized spacial score (nSPS) is 14.4. The number of benzene rings is 1. The van der Waals surface area contributed by atoms with Crippen molar-refractivity contribution >= 4 is 13.3 Å². The number of non-ortho nitro benzene ring substituents is 1. The zero-order valence-electron chi connectivity index (χ0n) is 9.82. The fraction of sp³-hybridized carbons (Fsp3) is 0.400. The molecule has 1 rings (SSSR count). The van der Waals surface area contributed by atoms with E-state index in [2.05, 4.69) is 0 Å². The van der Waals surface area contributed by atoms with E-state index in [1.807, 2.05) is 0 Å². The van der Waals surface area contributed by atoms with E-state index in [1.54, 1.807) is 13.8 Å². The quantitative estimate of drug-likeness (QED) is 0.460. The van der Waals surface area contributed by atoms with Gasteiger partial charge in [0.1, 0.15) is 5.75 Å². The highest BCUT2D eigenvalue weighted by atomic mass is 31.2. The first-order valence-corrected chi connectivity index (χ1v) is 6.99. The fourth-order valence-electron chi connectivity index (χ4n) is 1.22. The van der Waals surface area contributed by atoms with E-state index in [9.17, 15) is 14.7 Å². The lowest BCUT2D eigenvalue weighted by molar-refractivity contribution is -0.384. The number of hydrogen-bond donors (Lipinski definition) is 0. The monoisotopic (exact) mass is 259 g/mol. The number of hydrogen-bond acceptors (Lipinski definition) is 5. The van der Waals surface area contributed by atoms with Crippen molar-refractivity contribution in [1.82, 2.24) is 0 Å². The third-order valence-corrected chi connectivity index (χ3v) is 3.07. The van der Waals surface area contributed by atoms with Crippen LogP contribution in [0.15, 0.2) is 24.3 Å². The summed E-state index contributed by atoms with van der Waals surface area (Å²) in [5.41, 5.74) is -0.0481. The molecule has 0 aliphatic rings. The second-order valence-corrected chi connectivity index (χ2v) is 5.70. The maximum Gasteiger partial charge on any atom is 0.376 e. The van der Waals surface area contributed by atoms with Crippen LogP contribution in [0.1, 0.15) is 13.8 Å². The molecule has 0 amide bonds. The summed E-state index contributed by atoms with van der Waals surface area (Å²) in [6.45, 7) is 4.85. The summed E-state index contributed by atoms with van der Waals surface area (Å²) in [6.07, 6.45) is -0.219. The molecule has 1 atom stereocenters. The lowest BCUT2D eigenvalue weighted by atomic mass is 10.3. The summed E-state index contributed by atoms with van der Waals surface area (Å²) in [5.74, 6) is 0.280. The van der Waals surface area contributed by atoms with Crippen LogP contribution in [0.4, 0.5) is 5.69 Å². The van der Waals surface area contributed by atoms with E-state index in [0.717, 1.165) is 0 Å². The lowest BCUT2D eigenvalue weighted by Crippen LogP contribution is -2.03. The molecule has 0 N–H and O–H groups in total. The maximum absolute atomic E-state index is 11.8. The molecule has 17 heavy (non-hydrogen) atoms. The van der Waals surface area contributed by atoms with E-state index in [4.69, 9.17) is 9.05 Å². The molecule has 0 saturated heterocycles. The van der Waals surface area contributed by atoms with Gasteiger partial charge in [-0.05, 0) is 26.0 Å². The Labute approximate surface area is 99.2 Å². The summed E-state index contributed by atoms with van der Waals surface area (Å²) in [5, 5.41) is 10.4. The summed E-state index contributed by atoms with van der Waals surface area (Å²) in [6, 6.07) is 5.34. The zero-order chi connectivity index (χ0) is 13.1. The molecular formula is C10H14NO5P. The number of nitro benzene ring substituents is 1. The molecular weight excluding hydrogens is 245 g/mol.